The minimum Gasteiger partial charge on any atom is -0.493 e. The van der Waals surface area contributed by atoms with E-state index in [9.17, 15) is 9.90 Å². The number of aliphatic hydroxyl groups excluding tert-OH is 1. The van der Waals surface area contributed by atoms with Gasteiger partial charge in [-0.3, -0.25) is 4.79 Å². The number of allylic oxidation sites excluding steroid dienone is 4. The van der Waals surface area contributed by atoms with Crippen molar-refractivity contribution in [3.05, 3.63) is 66.8 Å². The molecule has 1 fully saturated rings. The molecule has 1 N–H and O–H groups in total. The molecule has 4 heteroatoms. The molecule has 200 valence electrons. The summed E-state index contributed by atoms with van der Waals surface area (Å²) in [5.41, 5.74) is 1.30. The van der Waals surface area contributed by atoms with E-state index in [1.807, 2.05) is 26.0 Å². The molecule has 0 bridgehead atoms. The van der Waals surface area contributed by atoms with Crippen LogP contribution < -0.4 is 4.74 Å². The third-order valence-corrected chi connectivity index (χ3v) is 7.13. The summed E-state index contributed by atoms with van der Waals surface area (Å²) < 4.78 is 11.2. The van der Waals surface area contributed by atoms with E-state index in [2.05, 4.69) is 69.9 Å². The van der Waals surface area contributed by atoms with Crippen molar-refractivity contribution in [3.8, 4) is 5.75 Å². The summed E-state index contributed by atoms with van der Waals surface area (Å²) in [5.74, 6) is 1.85. The van der Waals surface area contributed by atoms with Crippen LogP contribution in [0.25, 0.3) is 0 Å². The minimum absolute atomic E-state index is 0.0452. The predicted octanol–water partition coefficient (Wildman–Crippen LogP) is 7.57. The molecule has 0 aliphatic heterocycles. The van der Waals surface area contributed by atoms with Gasteiger partial charge in [0.15, 0.2) is 0 Å². The summed E-state index contributed by atoms with van der Waals surface area (Å²) in [6, 6.07) is 8.36. The topological polar surface area (TPSA) is 55.8 Å². The number of hydrogen-bond donors (Lipinski definition) is 1. The molecule has 0 aromatic heterocycles. The number of rotatable bonds is 15. The molecule has 1 saturated carbocycles. The Bertz CT molecular complexity index is 867. The Balaban J connectivity index is 1.78. The Kier molecular flexibility index (Phi) is 12.5. The first-order valence-corrected chi connectivity index (χ1v) is 13.7. The first-order chi connectivity index (χ1) is 17.1. The third kappa shape index (κ3) is 9.97. The van der Waals surface area contributed by atoms with Gasteiger partial charge in [0.1, 0.15) is 5.75 Å². The van der Waals surface area contributed by atoms with E-state index in [4.69, 9.17) is 9.47 Å². The summed E-state index contributed by atoms with van der Waals surface area (Å²) in [5, 5.41) is 10.6. The van der Waals surface area contributed by atoms with Gasteiger partial charge in [-0.25, -0.2) is 0 Å². The second-order valence-electron chi connectivity index (χ2n) is 11.1. The first kappa shape index (κ1) is 29.9. The van der Waals surface area contributed by atoms with Gasteiger partial charge in [0, 0.05) is 6.42 Å². The maximum Gasteiger partial charge on any atom is 0.306 e. The highest BCUT2D eigenvalue weighted by Crippen LogP contribution is 2.40. The smallest absolute Gasteiger partial charge is 0.306 e. The van der Waals surface area contributed by atoms with Crippen LogP contribution in [0.5, 0.6) is 5.75 Å². The van der Waals surface area contributed by atoms with Crippen LogP contribution in [0.15, 0.2) is 61.2 Å². The summed E-state index contributed by atoms with van der Waals surface area (Å²) in [6.07, 6.45) is 16.0. The summed E-state index contributed by atoms with van der Waals surface area (Å²) in [6.45, 7) is 14.9. The van der Waals surface area contributed by atoms with Crippen LogP contribution in [-0.4, -0.2) is 29.9 Å². The number of unbranched alkanes of at least 4 members (excludes halogenated alkanes) is 1. The maximum atomic E-state index is 11.6. The lowest BCUT2D eigenvalue weighted by molar-refractivity contribution is -0.147. The molecule has 2 rings (SSSR count). The summed E-state index contributed by atoms with van der Waals surface area (Å²) in [4.78, 5) is 11.6. The quantitative estimate of drug-likeness (QED) is 0.155. The zero-order chi connectivity index (χ0) is 26.6. The van der Waals surface area contributed by atoms with Crippen molar-refractivity contribution in [2.45, 2.75) is 97.2 Å². The van der Waals surface area contributed by atoms with Gasteiger partial charge in [-0.15, -0.1) is 6.58 Å². The molecule has 1 aliphatic rings. The van der Waals surface area contributed by atoms with E-state index < -0.39 is 0 Å². The van der Waals surface area contributed by atoms with Gasteiger partial charge in [-0.1, -0.05) is 63.3 Å². The average molecular weight is 497 g/mol. The van der Waals surface area contributed by atoms with Crippen molar-refractivity contribution in [1.82, 2.24) is 0 Å². The molecular formula is C32H48O4. The van der Waals surface area contributed by atoms with Crippen molar-refractivity contribution in [1.29, 1.82) is 0 Å². The van der Waals surface area contributed by atoms with Gasteiger partial charge in [0.2, 0.25) is 0 Å². The molecule has 0 amide bonds. The highest BCUT2D eigenvalue weighted by atomic mass is 16.5. The average Bonchev–Trinajstić information content (AvgIpc) is 3.07. The van der Waals surface area contributed by atoms with Crippen LogP contribution in [-0.2, 0) is 14.9 Å². The van der Waals surface area contributed by atoms with Gasteiger partial charge >= 0.3 is 5.97 Å². The molecule has 4 nitrogen and oxygen atoms in total. The number of esters is 1. The van der Waals surface area contributed by atoms with Crippen LogP contribution in [0.4, 0.5) is 0 Å². The lowest BCUT2D eigenvalue weighted by Crippen LogP contribution is -2.18. The second kappa shape index (κ2) is 15.0. The number of aliphatic hydroxyl groups is 1. The Labute approximate surface area is 219 Å². The fourth-order valence-corrected chi connectivity index (χ4v) is 5.08. The monoisotopic (exact) mass is 496 g/mol. The molecule has 0 heterocycles. The molecule has 0 unspecified atom stereocenters. The van der Waals surface area contributed by atoms with Crippen LogP contribution in [0.1, 0.15) is 85.1 Å². The lowest BCUT2D eigenvalue weighted by atomic mass is 9.81. The zero-order valence-electron chi connectivity index (χ0n) is 23.1. The standard InChI is InChI=1S/C32H48O4/c1-7-20-32(5,6)26-15-14-16-27(23-26)35-21-13-12-17-28-25(4)22-30(33)29(28)18-10-8-9-11-19-31(34)36-24(2)3/h7-8,10,12,14-17,23-25,28-30,33H,1,9,11,13,18-22H2,2-6H3/b10-8-,17-12+/t25-,28+,29-,30+/m1/s1. The number of ether oxygens (including phenoxy) is 2. The van der Waals surface area contributed by atoms with E-state index in [1.54, 1.807) is 0 Å². The normalized spacial score (nSPS) is 22.5. The molecule has 4 atom stereocenters. The zero-order valence-corrected chi connectivity index (χ0v) is 23.1. The van der Waals surface area contributed by atoms with Crippen LogP contribution >= 0.6 is 0 Å². The van der Waals surface area contributed by atoms with Crippen molar-refractivity contribution >= 4 is 5.97 Å². The van der Waals surface area contributed by atoms with Gasteiger partial charge < -0.3 is 14.6 Å². The van der Waals surface area contributed by atoms with E-state index >= 15 is 0 Å². The first-order valence-electron chi connectivity index (χ1n) is 13.7. The van der Waals surface area contributed by atoms with Gasteiger partial charge in [0.25, 0.3) is 0 Å². The highest BCUT2D eigenvalue weighted by Gasteiger charge is 2.37. The Morgan fingerprint density at radius 1 is 1.22 bits per heavy atom. The summed E-state index contributed by atoms with van der Waals surface area (Å²) >= 11 is 0. The van der Waals surface area contributed by atoms with Crippen molar-refractivity contribution in [3.63, 3.8) is 0 Å². The molecule has 0 saturated heterocycles. The lowest BCUT2D eigenvalue weighted by Gasteiger charge is -2.24. The summed E-state index contributed by atoms with van der Waals surface area (Å²) in [7, 11) is 0. The molecule has 0 radical (unpaired) electrons. The highest BCUT2D eigenvalue weighted by molar-refractivity contribution is 5.69. The number of hydrogen-bond acceptors (Lipinski definition) is 4. The van der Waals surface area contributed by atoms with Crippen molar-refractivity contribution in [2.75, 3.05) is 6.61 Å². The van der Waals surface area contributed by atoms with E-state index in [1.165, 1.54) is 5.56 Å². The second-order valence-corrected chi connectivity index (χ2v) is 11.1. The third-order valence-electron chi connectivity index (χ3n) is 7.13. The fourth-order valence-electron chi connectivity index (χ4n) is 5.08. The van der Waals surface area contributed by atoms with Crippen molar-refractivity contribution < 1.29 is 19.4 Å². The van der Waals surface area contributed by atoms with Crippen molar-refractivity contribution in [2.24, 2.45) is 17.8 Å². The molecule has 1 aliphatic carbocycles. The van der Waals surface area contributed by atoms with Crippen LogP contribution in [0.3, 0.4) is 0 Å². The molecule has 1 aromatic carbocycles. The number of carbonyl (C=O) groups is 1. The van der Waals surface area contributed by atoms with Crippen LogP contribution in [0, 0.1) is 17.8 Å². The maximum absolute atomic E-state index is 11.6. The molecule has 36 heavy (non-hydrogen) atoms. The SMILES string of the molecule is C=CCC(C)(C)c1cccc(OCC/C=C/[C@@H]2[C@@H](C/C=C\CCCC(=O)OC(C)C)[C@@H](O)C[C@H]2C)c1. The van der Waals surface area contributed by atoms with Gasteiger partial charge in [0.05, 0.1) is 18.8 Å². The largest absolute Gasteiger partial charge is 0.493 e. The minimum atomic E-state index is -0.266. The molecule has 0 spiro atoms. The van der Waals surface area contributed by atoms with Gasteiger partial charge in [-0.05, 0) is 93.2 Å². The molecule has 1 aromatic rings. The van der Waals surface area contributed by atoms with Gasteiger partial charge in [-0.2, -0.15) is 0 Å². The molecular weight excluding hydrogens is 448 g/mol. The Morgan fingerprint density at radius 2 is 2.00 bits per heavy atom. The number of benzene rings is 1. The van der Waals surface area contributed by atoms with E-state index in [0.717, 1.165) is 44.3 Å². The van der Waals surface area contributed by atoms with E-state index in [0.29, 0.717) is 24.9 Å². The fraction of sp³-hybridized carbons (Fsp3) is 0.594. The van der Waals surface area contributed by atoms with E-state index in [-0.39, 0.29) is 29.5 Å². The Morgan fingerprint density at radius 3 is 2.72 bits per heavy atom. The predicted molar refractivity (Wildman–Crippen MR) is 149 cm³/mol. The number of carbonyl (C=O) groups excluding carboxylic acids is 1. The Hall–Kier alpha value is -2.33. The van der Waals surface area contributed by atoms with Crippen LogP contribution in [0.2, 0.25) is 0 Å².